The molecule has 0 fully saturated rings. The van der Waals surface area contributed by atoms with Crippen LogP contribution in [0, 0.1) is 0 Å². The van der Waals surface area contributed by atoms with E-state index in [1.165, 1.54) is 0 Å². The van der Waals surface area contributed by atoms with Crippen molar-refractivity contribution in [2.24, 2.45) is 0 Å². The number of benzene rings is 3. The number of nitrogen functional groups attached to an aromatic ring is 1. The van der Waals surface area contributed by atoms with Crippen molar-refractivity contribution in [2.45, 2.75) is 0 Å². The predicted octanol–water partition coefficient (Wildman–Crippen LogP) is 4.19. The number of nitrogens with one attached hydrogen (secondary N) is 1. The third kappa shape index (κ3) is 3.15. The molecule has 0 bridgehead atoms. The van der Waals surface area contributed by atoms with E-state index in [9.17, 15) is 4.79 Å². The smallest absolute Gasteiger partial charge is 0.255 e. The zero-order chi connectivity index (χ0) is 15.4. The number of amides is 1. The fourth-order valence-corrected chi connectivity index (χ4v) is 2.26. The lowest BCUT2D eigenvalue weighted by molar-refractivity contribution is 0.102. The molecule has 1 amide bonds. The van der Waals surface area contributed by atoms with Gasteiger partial charge in [0.2, 0.25) is 0 Å². The molecule has 108 valence electrons. The van der Waals surface area contributed by atoms with Gasteiger partial charge in [0.1, 0.15) is 0 Å². The fourth-order valence-electron chi connectivity index (χ4n) is 2.26. The van der Waals surface area contributed by atoms with Crippen LogP contribution in [0.4, 0.5) is 11.4 Å². The van der Waals surface area contributed by atoms with Crippen molar-refractivity contribution in [3.05, 3.63) is 84.4 Å². The van der Waals surface area contributed by atoms with Crippen LogP contribution in [0.3, 0.4) is 0 Å². The molecule has 0 heterocycles. The van der Waals surface area contributed by atoms with E-state index in [0.29, 0.717) is 5.56 Å². The summed E-state index contributed by atoms with van der Waals surface area (Å²) in [5.41, 5.74) is 10.00. The second-order valence-corrected chi connectivity index (χ2v) is 5.02. The molecular weight excluding hydrogens is 272 g/mol. The van der Waals surface area contributed by atoms with E-state index in [0.717, 1.165) is 22.5 Å². The summed E-state index contributed by atoms with van der Waals surface area (Å²) in [6.45, 7) is 0. The van der Waals surface area contributed by atoms with Gasteiger partial charge >= 0.3 is 0 Å². The van der Waals surface area contributed by atoms with E-state index in [2.05, 4.69) is 5.32 Å². The van der Waals surface area contributed by atoms with Crippen molar-refractivity contribution < 1.29 is 4.79 Å². The van der Waals surface area contributed by atoms with E-state index in [-0.39, 0.29) is 5.91 Å². The first kappa shape index (κ1) is 13.9. The Hall–Kier alpha value is -3.07. The lowest BCUT2D eigenvalue weighted by atomic mass is 10.0. The van der Waals surface area contributed by atoms with Gasteiger partial charge in [0.25, 0.3) is 5.91 Å². The Bertz CT molecular complexity index is 780. The lowest BCUT2D eigenvalue weighted by Gasteiger charge is -2.07. The number of rotatable bonds is 3. The summed E-state index contributed by atoms with van der Waals surface area (Å²) < 4.78 is 0. The van der Waals surface area contributed by atoms with Crippen LogP contribution < -0.4 is 11.1 Å². The summed E-state index contributed by atoms with van der Waals surface area (Å²) >= 11 is 0. The molecule has 0 spiro atoms. The molecule has 3 nitrogen and oxygen atoms in total. The number of anilines is 2. The maximum atomic E-state index is 12.2. The van der Waals surface area contributed by atoms with E-state index >= 15 is 0 Å². The van der Waals surface area contributed by atoms with Gasteiger partial charge in [0.05, 0.1) is 0 Å². The highest BCUT2D eigenvalue weighted by Gasteiger charge is 2.06. The summed E-state index contributed by atoms with van der Waals surface area (Å²) in [4.78, 5) is 12.2. The highest BCUT2D eigenvalue weighted by atomic mass is 16.1. The average molecular weight is 288 g/mol. The molecule has 0 aliphatic rings. The summed E-state index contributed by atoms with van der Waals surface area (Å²) in [6.07, 6.45) is 0. The Morgan fingerprint density at radius 1 is 0.773 bits per heavy atom. The van der Waals surface area contributed by atoms with Gasteiger partial charge in [-0.3, -0.25) is 4.79 Å². The number of hydrogen-bond donors (Lipinski definition) is 2. The van der Waals surface area contributed by atoms with Gasteiger partial charge in [-0.15, -0.1) is 0 Å². The van der Waals surface area contributed by atoms with Crippen LogP contribution in [0.5, 0.6) is 0 Å². The predicted molar refractivity (Wildman–Crippen MR) is 90.7 cm³/mol. The summed E-state index contributed by atoms with van der Waals surface area (Å²) in [7, 11) is 0. The first-order chi connectivity index (χ1) is 10.7. The third-order valence-electron chi connectivity index (χ3n) is 3.40. The standard InChI is InChI=1S/C19H16N2O/c20-17-6-4-5-16(13-17)14-9-11-15(12-10-14)19(22)21-18-7-2-1-3-8-18/h1-13H,20H2,(H,21,22). The maximum Gasteiger partial charge on any atom is 0.255 e. The van der Waals surface area contributed by atoms with Crippen molar-refractivity contribution in [1.29, 1.82) is 0 Å². The van der Waals surface area contributed by atoms with Gasteiger partial charge in [-0.1, -0.05) is 42.5 Å². The molecule has 3 rings (SSSR count). The Kier molecular flexibility index (Phi) is 3.88. The van der Waals surface area contributed by atoms with Crippen LogP contribution in [0.2, 0.25) is 0 Å². The second kappa shape index (κ2) is 6.14. The minimum atomic E-state index is -0.120. The van der Waals surface area contributed by atoms with Gasteiger partial charge in [0, 0.05) is 16.9 Å². The van der Waals surface area contributed by atoms with Crippen LogP contribution in [0.15, 0.2) is 78.9 Å². The Morgan fingerprint density at radius 2 is 1.50 bits per heavy atom. The molecule has 3 aromatic rings. The van der Waals surface area contributed by atoms with Crippen LogP contribution in [0.1, 0.15) is 10.4 Å². The van der Waals surface area contributed by atoms with Crippen molar-refractivity contribution in [2.75, 3.05) is 11.1 Å². The SMILES string of the molecule is Nc1cccc(-c2ccc(C(=O)Nc3ccccc3)cc2)c1. The number of hydrogen-bond acceptors (Lipinski definition) is 2. The van der Waals surface area contributed by atoms with Gasteiger partial charge in [0.15, 0.2) is 0 Å². The van der Waals surface area contributed by atoms with Crippen LogP contribution in [-0.2, 0) is 0 Å². The van der Waals surface area contributed by atoms with Crippen LogP contribution in [0.25, 0.3) is 11.1 Å². The number of carbonyl (C=O) groups is 1. The number of carbonyl (C=O) groups excluding carboxylic acids is 1. The largest absolute Gasteiger partial charge is 0.399 e. The lowest BCUT2D eigenvalue weighted by Crippen LogP contribution is -2.11. The third-order valence-corrected chi connectivity index (χ3v) is 3.40. The highest BCUT2D eigenvalue weighted by Crippen LogP contribution is 2.22. The van der Waals surface area contributed by atoms with E-state index in [4.69, 9.17) is 5.73 Å². The molecule has 3 N–H and O–H groups in total. The summed E-state index contributed by atoms with van der Waals surface area (Å²) in [5.74, 6) is -0.120. The quantitative estimate of drug-likeness (QED) is 0.710. The highest BCUT2D eigenvalue weighted by molar-refractivity contribution is 6.04. The van der Waals surface area contributed by atoms with E-state index in [1.54, 1.807) is 0 Å². The Morgan fingerprint density at radius 3 is 2.18 bits per heavy atom. The van der Waals surface area contributed by atoms with Crippen molar-refractivity contribution in [3.8, 4) is 11.1 Å². The molecule has 0 atom stereocenters. The zero-order valence-electron chi connectivity index (χ0n) is 12.0. The van der Waals surface area contributed by atoms with Gasteiger partial charge in [-0.2, -0.15) is 0 Å². The molecule has 0 aromatic heterocycles. The minimum Gasteiger partial charge on any atom is -0.399 e. The van der Waals surface area contributed by atoms with Gasteiger partial charge < -0.3 is 11.1 Å². The maximum absolute atomic E-state index is 12.2. The molecule has 3 heteroatoms. The molecule has 0 aliphatic carbocycles. The van der Waals surface area contributed by atoms with E-state index in [1.807, 2.05) is 78.9 Å². The van der Waals surface area contributed by atoms with E-state index < -0.39 is 0 Å². The average Bonchev–Trinajstić information content (AvgIpc) is 2.56. The first-order valence-electron chi connectivity index (χ1n) is 7.05. The molecule has 0 saturated carbocycles. The summed E-state index contributed by atoms with van der Waals surface area (Å²) in [6, 6.07) is 24.6. The first-order valence-corrected chi connectivity index (χ1v) is 7.05. The second-order valence-electron chi connectivity index (χ2n) is 5.02. The van der Waals surface area contributed by atoms with Crippen molar-refractivity contribution >= 4 is 17.3 Å². The van der Waals surface area contributed by atoms with Gasteiger partial charge in [-0.25, -0.2) is 0 Å². The molecule has 22 heavy (non-hydrogen) atoms. The molecule has 0 unspecified atom stereocenters. The van der Waals surface area contributed by atoms with Crippen LogP contribution in [-0.4, -0.2) is 5.91 Å². The minimum absolute atomic E-state index is 0.120. The van der Waals surface area contributed by atoms with Crippen molar-refractivity contribution in [3.63, 3.8) is 0 Å². The van der Waals surface area contributed by atoms with Crippen molar-refractivity contribution in [1.82, 2.24) is 0 Å². The topological polar surface area (TPSA) is 55.1 Å². The summed E-state index contributed by atoms with van der Waals surface area (Å²) in [5, 5.41) is 2.87. The number of nitrogens with two attached hydrogens (primary N) is 1. The molecule has 0 saturated heterocycles. The molecular formula is C19H16N2O. The Labute approximate surface area is 129 Å². The molecule has 3 aromatic carbocycles. The monoisotopic (exact) mass is 288 g/mol. The molecule has 0 aliphatic heterocycles. The molecule has 0 radical (unpaired) electrons. The normalized spacial score (nSPS) is 10.2. The van der Waals surface area contributed by atoms with Gasteiger partial charge in [-0.05, 0) is 47.5 Å². The van der Waals surface area contributed by atoms with Crippen LogP contribution >= 0.6 is 0 Å². The zero-order valence-corrected chi connectivity index (χ0v) is 12.0. The fraction of sp³-hybridized carbons (Fsp3) is 0. The Balaban J connectivity index is 1.78. The number of para-hydroxylation sites is 1.